The van der Waals surface area contributed by atoms with Gasteiger partial charge in [-0.05, 0) is 62.3 Å². The van der Waals surface area contributed by atoms with Gasteiger partial charge in [-0.2, -0.15) is 21.6 Å². The number of nitrogens with two attached hydrogens (primary N) is 2. The van der Waals surface area contributed by atoms with E-state index in [1.54, 1.807) is 38.5 Å². The minimum atomic E-state index is -5.84. The minimum absolute atomic E-state index is 0.137. The molecule has 0 fully saturated rings. The highest BCUT2D eigenvalue weighted by atomic mass is 32.2. The summed E-state index contributed by atoms with van der Waals surface area (Å²) >= 11 is 0. The lowest BCUT2D eigenvalue weighted by molar-refractivity contribution is -0.137. The van der Waals surface area contributed by atoms with Crippen LogP contribution >= 0.6 is 0 Å². The number of carboxylic acids is 1. The van der Waals surface area contributed by atoms with Crippen LogP contribution in [0.1, 0.15) is 36.0 Å². The van der Waals surface area contributed by atoms with E-state index in [0.29, 0.717) is 25.9 Å². The Morgan fingerprint density at radius 1 is 0.838 bits per heavy atom. The van der Waals surface area contributed by atoms with Gasteiger partial charge in [-0.25, -0.2) is 0 Å². The second kappa shape index (κ2) is 19.9. The van der Waals surface area contributed by atoms with Crippen LogP contribution in [0.4, 0.5) is 13.2 Å². The van der Waals surface area contributed by atoms with E-state index in [1.807, 2.05) is 30.3 Å². The van der Waals surface area contributed by atoms with Gasteiger partial charge < -0.3 is 26.0 Å². The van der Waals surface area contributed by atoms with Crippen LogP contribution in [-0.4, -0.2) is 62.6 Å². The molecular formula is C23H33F3N2O8S. The summed E-state index contributed by atoms with van der Waals surface area (Å²) in [7, 11) is -2.58. The Hall–Kier alpha value is -3.20. The van der Waals surface area contributed by atoms with Crippen molar-refractivity contribution in [3.05, 3.63) is 60.2 Å². The fourth-order valence-electron chi connectivity index (χ4n) is 1.99. The number of alkyl halides is 3. The summed E-state index contributed by atoms with van der Waals surface area (Å²) in [5.74, 6) is 1.04. The normalized spacial score (nSPS) is 10.3. The summed E-state index contributed by atoms with van der Waals surface area (Å²) in [6.45, 7) is 1.02. The number of para-hydroxylation sites is 1. The lowest BCUT2D eigenvalue weighted by Crippen LogP contribution is -2.21. The van der Waals surface area contributed by atoms with Crippen LogP contribution in [0.5, 0.6) is 11.5 Å². The first-order valence-corrected chi connectivity index (χ1v) is 12.1. The van der Waals surface area contributed by atoms with E-state index in [4.69, 9.17) is 39.0 Å². The van der Waals surface area contributed by atoms with E-state index < -0.39 is 21.6 Å². The molecule has 0 amide bonds. The number of aliphatic carboxylic acids is 1. The zero-order chi connectivity index (χ0) is 28.9. The van der Waals surface area contributed by atoms with Gasteiger partial charge in [-0.15, -0.1) is 0 Å². The van der Waals surface area contributed by atoms with Gasteiger partial charge >= 0.3 is 21.6 Å². The van der Waals surface area contributed by atoms with Crippen molar-refractivity contribution >= 4 is 21.9 Å². The summed E-state index contributed by atoms with van der Waals surface area (Å²) in [5, 5.41) is 7.99. The molecule has 0 aliphatic rings. The van der Waals surface area contributed by atoms with E-state index in [2.05, 4.69) is 0 Å². The molecule has 0 aliphatic carbocycles. The molecule has 0 saturated heterocycles. The van der Waals surface area contributed by atoms with Gasteiger partial charge in [-0.3, -0.25) is 14.1 Å². The number of carboxylic acid groups (broad SMARTS) is 1. The van der Waals surface area contributed by atoms with Crippen molar-refractivity contribution < 1.29 is 50.3 Å². The van der Waals surface area contributed by atoms with Crippen LogP contribution in [-0.2, 0) is 14.9 Å². The molecule has 10 nitrogen and oxygen atoms in total. The van der Waals surface area contributed by atoms with E-state index >= 15 is 0 Å². The maximum Gasteiger partial charge on any atom is 0.522 e. The molecule has 0 saturated carbocycles. The molecule has 0 spiro atoms. The number of ketones is 1. The number of carbonyl (C=O) groups excluding carboxylic acids is 1. The standard InChI is InChI=1S/C11H15NO2.C7H8O.C4H9NO2.CHF3O3S/c1-14-10-6-4-9(5-7-10)11(13)3-2-8-12;1-8-7-5-3-2-4-6-7;5-3-1-2-4(6)7;2-1(3,4)8(5,6)7/h4-7H,2-3,8,12H2,1H3;2-6H,1H3;1-3,5H2,(H,6,7);(H,5,6,7). The molecule has 210 valence electrons. The van der Waals surface area contributed by atoms with E-state index in [9.17, 15) is 22.8 Å². The molecule has 0 aliphatic heterocycles. The number of rotatable bonds is 9. The highest BCUT2D eigenvalue weighted by molar-refractivity contribution is 7.86. The van der Waals surface area contributed by atoms with Crippen molar-refractivity contribution in [3.63, 3.8) is 0 Å². The Bertz CT molecular complexity index is 987. The van der Waals surface area contributed by atoms with Crippen LogP contribution in [0.15, 0.2) is 54.6 Å². The fourth-order valence-corrected chi connectivity index (χ4v) is 1.99. The van der Waals surface area contributed by atoms with Crippen molar-refractivity contribution in [3.8, 4) is 11.5 Å². The zero-order valence-corrected chi connectivity index (χ0v) is 21.3. The number of methoxy groups -OCH3 is 2. The van der Waals surface area contributed by atoms with Gasteiger partial charge in [-0.1, -0.05) is 18.2 Å². The number of hydrogen-bond acceptors (Lipinski definition) is 8. The Morgan fingerprint density at radius 2 is 1.24 bits per heavy atom. The van der Waals surface area contributed by atoms with E-state index in [1.165, 1.54) is 0 Å². The van der Waals surface area contributed by atoms with Crippen molar-refractivity contribution in [1.82, 2.24) is 0 Å². The van der Waals surface area contributed by atoms with Crippen LogP contribution in [0, 0.1) is 0 Å². The molecule has 0 aromatic heterocycles. The molecule has 6 N–H and O–H groups in total. The van der Waals surface area contributed by atoms with Crippen molar-refractivity contribution in [2.45, 2.75) is 31.2 Å². The monoisotopic (exact) mass is 554 g/mol. The van der Waals surface area contributed by atoms with Crippen LogP contribution in [0.2, 0.25) is 0 Å². The fraction of sp³-hybridized carbons (Fsp3) is 0.391. The lowest BCUT2D eigenvalue weighted by Gasteiger charge is -2.02. The predicted octanol–water partition coefficient (Wildman–Crippen LogP) is 3.52. The third-order valence-electron chi connectivity index (χ3n) is 3.89. The Balaban J connectivity index is 0. The number of Topliss-reactive ketones (excluding diaryl/α,β-unsaturated/α-hetero) is 1. The molecule has 2 aromatic carbocycles. The predicted molar refractivity (Wildman–Crippen MR) is 132 cm³/mol. The van der Waals surface area contributed by atoms with Gasteiger partial charge in [0.25, 0.3) is 0 Å². The number of ether oxygens (including phenoxy) is 2. The lowest BCUT2D eigenvalue weighted by atomic mass is 10.1. The SMILES string of the molecule is COc1ccc(C(=O)CCCN)cc1.COc1ccccc1.NCCCC(=O)O.O=S(=O)(O)C(F)(F)F. The summed E-state index contributed by atoms with van der Waals surface area (Å²) in [6.07, 6.45) is 2.03. The van der Waals surface area contributed by atoms with Crippen molar-refractivity contribution in [1.29, 1.82) is 0 Å². The second-order valence-corrected chi connectivity index (χ2v) is 8.18. The summed E-state index contributed by atoms with van der Waals surface area (Å²) < 4.78 is 67.5. The Kier molecular flexibility index (Phi) is 19.4. The highest BCUT2D eigenvalue weighted by Crippen LogP contribution is 2.20. The number of benzene rings is 2. The van der Waals surface area contributed by atoms with Crippen LogP contribution in [0.25, 0.3) is 0 Å². The topological polar surface area (TPSA) is 179 Å². The molecule has 0 bridgehead atoms. The van der Waals surface area contributed by atoms with Gasteiger partial charge in [0, 0.05) is 18.4 Å². The molecule has 0 atom stereocenters. The third-order valence-corrected chi connectivity index (χ3v) is 4.47. The number of halogens is 3. The highest BCUT2D eigenvalue weighted by Gasteiger charge is 2.44. The first-order valence-electron chi connectivity index (χ1n) is 10.6. The first kappa shape index (κ1) is 36.0. The summed E-state index contributed by atoms with van der Waals surface area (Å²) in [5.41, 5.74) is 5.53. The maximum absolute atomic E-state index is 11.5. The van der Waals surface area contributed by atoms with E-state index in [0.717, 1.165) is 23.5 Å². The van der Waals surface area contributed by atoms with Gasteiger partial charge in [0.15, 0.2) is 5.78 Å². The van der Waals surface area contributed by atoms with Gasteiger partial charge in [0.2, 0.25) is 0 Å². The van der Waals surface area contributed by atoms with E-state index in [-0.39, 0.29) is 12.2 Å². The minimum Gasteiger partial charge on any atom is -0.497 e. The largest absolute Gasteiger partial charge is 0.522 e. The van der Waals surface area contributed by atoms with Gasteiger partial charge in [0.1, 0.15) is 11.5 Å². The molecule has 2 aromatic rings. The molecule has 14 heteroatoms. The smallest absolute Gasteiger partial charge is 0.497 e. The average molecular weight is 555 g/mol. The Labute approximate surface area is 214 Å². The molecular weight excluding hydrogens is 521 g/mol. The average Bonchev–Trinajstić information content (AvgIpc) is 2.86. The Morgan fingerprint density at radius 3 is 1.54 bits per heavy atom. The third kappa shape index (κ3) is 19.6. The molecule has 0 heterocycles. The van der Waals surface area contributed by atoms with Crippen LogP contribution < -0.4 is 20.9 Å². The van der Waals surface area contributed by atoms with Crippen LogP contribution in [0.3, 0.4) is 0 Å². The molecule has 0 unspecified atom stereocenters. The molecule has 2 rings (SSSR count). The zero-order valence-electron chi connectivity index (χ0n) is 20.5. The quantitative estimate of drug-likeness (QED) is 0.203. The summed E-state index contributed by atoms with van der Waals surface area (Å²) in [4.78, 5) is 21.2. The molecule has 37 heavy (non-hydrogen) atoms. The summed E-state index contributed by atoms with van der Waals surface area (Å²) in [6, 6.07) is 16.8. The second-order valence-electron chi connectivity index (χ2n) is 6.77. The molecule has 0 radical (unpaired) electrons. The maximum atomic E-state index is 11.5. The first-order chi connectivity index (χ1) is 17.2. The van der Waals surface area contributed by atoms with Crippen molar-refractivity contribution in [2.75, 3.05) is 27.3 Å². The number of hydrogen-bond donors (Lipinski definition) is 4. The number of carbonyl (C=O) groups is 2. The van der Waals surface area contributed by atoms with Gasteiger partial charge in [0.05, 0.1) is 14.2 Å². The van der Waals surface area contributed by atoms with Crippen molar-refractivity contribution in [2.24, 2.45) is 11.5 Å².